The van der Waals surface area contributed by atoms with Crippen molar-refractivity contribution in [1.82, 2.24) is 9.78 Å². The summed E-state index contributed by atoms with van der Waals surface area (Å²) in [4.78, 5) is 22.7. The minimum Gasteiger partial charge on any atom is -0.397 e. The summed E-state index contributed by atoms with van der Waals surface area (Å²) in [6, 6.07) is 4.76. The maximum atomic E-state index is 11.8. The Morgan fingerprint density at radius 3 is 2.75 bits per heavy atom. The molecule has 0 fully saturated rings. The molecule has 0 radical (unpaired) electrons. The quantitative estimate of drug-likeness (QED) is 0.725. The van der Waals surface area contributed by atoms with E-state index >= 15 is 0 Å². The third-order valence-electron chi connectivity index (χ3n) is 2.51. The van der Waals surface area contributed by atoms with Crippen molar-refractivity contribution in [2.75, 3.05) is 11.1 Å². The fraction of sp³-hybridized carbons (Fsp3) is 0.0833. The molecular formula is C12H12ClN5O2. The number of primary amides is 1. The highest BCUT2D eigenvalue weighted by Gasteiger charge is 2.09. The van der Waals surface area contributed by atoms with Crippen LogP contribution < -0.4 is 16.8 Å². The molecule has 0 unspecified atom stereocenters. The van der Waals surface area contributed by atoms with E-state index in [-0.39, 0.29) is 18.0 Å². The standard InChI is InChI=1S/C12H12ClN5O2/c13-8-1-2-10(9(14)3-8)17-11(19)6-18-5-7(4-16-18)12(15)20/h1-5H,6,14H2,(H2,15,20)(H,17,19). The summed E-state index contributed by atoms with van der Waals surface area (Å²) in [5.41, 5.74) is 11.9. The van der Waals surface area contributed by atoms with Gasteiger partial charge in [-0.05, 0) is 18.2 Å². The summed E-state index contributed by atoms with van der Waals surface area (Å²) in [6.45, 7) is -0.0602. The zero-order chi connectivity index (χ0) is 14.7. The highest BCUT2D eigenvalue weighted by molar-refractivity contribution is 6.31. The average molecular weight is 294 g/mol. The van der Waals surface area contributed by atoms with Crippen LogP contribution in [0.1, 0.15) is 10.4 Å². The Morgan fingerprint density at radius 2 is 2.15 bits per heavy atom. The molecule has 2 rings (SSSR count). The molecule has 0 aliphatic rings. The third-order valence-corrected chi connectivity index (χ3v) is 2.75. The number of rotatable bonds is 4. The Bertz CT molecular complexity index is 668. The Balaban J connectivity index is 2.03. The van der Waals surface area contributed by atoms with Crippen LogP contribution in [0.25, 0.3) is 0 Å². The highest BCUT2D eigenvalue weighted by Crippen LogP contribution is 2.22. The Morgan fingerprint density at radius 1 is 1.40 bits per heavy atom. The number of amides is 2. The molecule has 2 amide bonds. The fourth-order valence-electron chi connectivity index (χ4n) is 1.56. The zero-order valence-corrected chi connectivity index (χ0v) is 11.1. The van der Waals surface area contributed by atoms with Crippen LogP contribution in [0.5, 0.6) is 0 Å². The van der Waals surface area contributed by atoms with Crippen LogP contribution in [0.4, 0.5) is 11.4 Å². The molecule has 5 N–H and O–H groups in total. The fourth-order valence-corrected chi connectivity index (χ4v) is 1.74. The molecule has 7 nitrogen and oxygen atoms in total. The predicted molar refractivity (Wildman–Crippen MR) is 75.2 cm³/mol. The van der Waals surface area contributed by atoms with Crippen LogP contribution in [-0.2, 0) is 11.3 Å². The first-order valence-corrected chi connectivity index (χ1v) is 6.00. The van der Waals surface area contributed by atoms with Crippen molar-refractivity contribution in [1.29, 1.82) is 0 Å². The topological polar surface area (TPSA) is 116 Å². The monoisotopic (exact) mass is 293 g/mol. The van der Waals surface area contributed by atoms with Gasteiger partial charge in [0, 0.05) is 11.2 Å². The molecule has 1 aromatic heterocycles. The van der Waals surface area contributed by atoms with Gasteiger partial charge in [0.2, 0.25) is 5.91 Å². The lowest BCUT2D eigenvalue weighted by molar-refractivity contribution is -0.116. The van der Waals surface area contributed by atoms with Crippen molar-refractivity contribution >= 4 is 34.8 Å². The molecule has 104 valence electrons. The van der Waals surface area contributed by atoms with Crippen molar-refractivity contribution in [2.24, 2.45) is 5.73 Å². The SMILES string of the molecule is NC(=O)c1cnn(CC(=O)Nc2ccc(Cl)cc2N)c1. The van der Waals surface area contributed by atoms with Crippen LogP contribution in [0, 0.1) is 0 Å². The molecule has 0 aliphatic carbocycles. The molecule has 1 aromatic carbocycles. The molecular weight excluding hydrogens is 282 g/mol. The maximum absolute atomic E-state index is 11.8. The number of nitrogen functional groups attached to an aromatic ring is 1. The number of anilines is 2. The highest BCUT2D eigenvalue weighted by atomic mass is 35.5. The van der Waals surface area contributed by atoms with Crippen LogP contribution >= 0.6 is 11.6 Å². The number of nitrogens with two attached hydrogens (primary N) is 2. The number of carbonyl (C=O) groups is 2. The van der Waals surface area contributed by atoms with Gasteiger partial charge in [0.05, 0.1) is 23.1 Å². The minimum absolute atomic E-state index is 0.0602. The van der Waals surface area contributed by atoms with Crippen LogP contribution in [0.3, 0.4) is 0 Å². The van der Waals surface area contributed by atoms with Gasteiger partial charge in [0.25, 0.3) is 5.91 Å². The molecule has 0 aliphatic heterocycles. The second-order valence-electron chi connectivity index (χ2n) is 4.07. The summed E-state index contributed by atoms with van der Waals surface area (Å²) < 4.78 is 1.31. The average Bonchev–Trinajstić information content (AvgIpc) is 2.81. The number of hydrogen-bond acceptors (Lipinski definition) is 4. The molecule has 0 saturated heterocycles. The predicted octanol–water partition coefficient (Wildman–Crippen LogP) is 0.856. The van der Waals surface area contributed by atoms with E-state index in [0.29, 0.717) is 16.4 Å². The van der Waals surface area contributed by atoms with Crippen LogP contribution in [0.15, 0.2) is 30.6 Å². The first-order chi connectivity index (χ1) is 9.45. The van der Waals surface area contributed by atoms with Crippen molar-refractivity contribution in [3.63, 3.8) is 0 Å². The van der Waals surface area contributed by atoms with Gasteiger partial charge in [0.1, 0.15) is 6.54 Å². The lowest BCUT2D eigenvalue weighted by Crippen LogP contribution is -2.19. The summed E-state index contributed by atoms with van der Waals surface area (Å²) in [6.07, 6.45) is 2.69. The zero-order valence-electron chi connectivity index (χ0n) is 10.3. The van der Waals surface area contributed by atoms with Gasteiger partial charge < -0.3 is 16.8 Å². The van der Waals surface area contributed by atoms with E-state index in [0.717, 1.165) is 0 Å². The summed E-state index contributed by atoms with van der Waals surface area (Å²) in [7, 11) is 0. The van der Waals surface area contributed by atoms with E-state index in [1.165, 1.54) is 23.1 Å². The maximum Gasteiger partial charge on any atom is 0.251 e. The van der Waals surface area contributed by atoms with Crippen LogP contribution in [-0.4, -0.2) is 21.6 Å². The second-order valence-corrected chi connectivity index (χ2v) is 4.51. The molecule has 20 heavy (non-hydrogen) atoms. The van der Waals surface area contributed by atoms with Crippen molar-refractivity contribution in [2.45, 2.75) is 6.54 Å². The summed E-state index contributed by atoms with van der Waals surface area (Å²) in [5, 5.41) is 6.97. The first kappa shape index (κ1) is 13.9. The van der Waals surface area contributed by atoms with Gasteiger partial charge in [-0.2, -0.15) is 5.10 Å². The van der Waals surface area contributed by atoms with Gasteiger partial charge in [-0.15, -0.1) is 0 Å². The van der Waals surface area contributed by atoms with E-state index in [1.807, 2.05) is 0 Å². The Kier molecular flexibility index (Phi) is 3.90. The van der Waals surface area contributed by atoms with E-state index in [2.05, 4.69) is 10.4 Å². The molecule has 1 heterocycles. The number of nitrogens with zero attached hydrogens (tertiary/aromatic N) is 2. The molecule has 0 spiro atoms. The van der Waals surface area contributed by atoms with E-state index in [1.54, 1.807) is 12.1 Å². The van der Waals surface area contributed by atoms with E-state index < -0.39 is 5.91 Å². The molecule has 8 heteroatoms. The number of benzene rings is 1. The van der Waals surface area contributed by atoms with Crippen molar-refractivity contribution in [3.05, 3.63) is 41.2 Å². The van der Waals surface area contributed by atoms with Crippen LogP contribution in [0.2, 0.25) is 5.02 Å². The molecule has 2 aromatic rings. The van der Waals surface area contributed by atoms with E-state index in [4.69, 9.17) is 23.1 Å². The second kappa shape index (κ2) is 5.62. The Hall–Kier alpha value is -2.54. The molecule has 0 atom stereocenters. The van der Waals surface area contributed by atoms with Gasteiger partial charge >= 0.3 is 0 Å². The smallest absolute Gasteiger partial charge is 0.251 e. The first-order valence-electron chi connectivity index (χ1n) is 5.63. The summed E-state index contributed by atoms with van der Waals surface area (Å²) in [5.74, 6) is -0.934. The number of carbonyl (C=O) groups excluding carboxylic acids is 2. The number of halogens is 1. The molecule has 0 bridgehead atoms. The van der Waals surface area contributed by atoms with E-state index in [9.17, 15) is 9.59 Å². The van der Waals surface area contributed by atoms with Gasteiger partial charge in [0.15, 0.2) is 0 Å². The van der Waals surface area contributed by atoms with Crippen molar-refractivity contribution in [3.8, 4) is 0 Å². The van der Waals surface area contributed by atoms with Gasteiger partial charge in [-0.3, -0.25) is 14.3 Å². The number of nitrogens with one attached hydrogen (secondary N) is 1. The lowest BCUT2D eigenvalue weighted by Gasteiger charge is -2.08. The van der Waals surface area contributed by atoms with Crippen molar-refractivity contribution < 1.29 is 9.59 Å². The third kappa shape index (κ3) is 3.27. The normalized spacial score (nSPS) is 10.2. The number of aromatic nitrogens is 2. The largest absolute Gasteiger partial charge is 0.397 e. The van der Waals surface area contributed by atoms with Gasteiger partial charge in [-0.25, -0.2) is 0 Å². The summed E-state index contributed by atoms with van der Waals surface area (Å²) >= 11 is 5.77. The Labute approximate surface area is 119 Å². The molecule has 0 saturated carbocycles. The van der Waals surface area contributed by atoms with Gasteiger partial charge in [-0.1, -0.05) is 11.6 Å². The lowest BCUT2D eigenvalue weighted by atomic mass is 10.2. The number of hydrogen-bond donors (Lipinski definition) is 3. The minimum atomic E-state index is -0.599.